The van der Waals surface area contributed by atoms with Gasteiger partial charge in [0.1, 0.15) is 5.82 Å². The lowest BCUT2D eigenvalue weighted by molar-refractivity contribution is 0.494. The Hall–Kier alpha value is -1.32. The number of rotatable bonds is 1. The molecule has 1 aromatic heterocycles. The molecule has 2 N–H and O–H groups in total. The van der Waals surface area contributed by atoms with Gasteiger partial charge in [0.05, 0.1) is 0 Å². The highest BCUT2D eigenvalue weighted by molar-refractivity contribution is 5.42. The van der Waals surface area contributed by atoms with E-state index in [2.05, 4.69) is 15.1 Å². The van der Waals surface area contributed by atoms with Crippen molar-refractivity contribution in [3.8, 4) is 0 Å². The number of anilines is 2. The van der Waals surface area contributed by atoms with Gasteiger partial charge >= 0.3 is 0 Å². The van der Waals surface area contributed by atoms with Gasteiger partial charge in [-0.15, -0.1) is 10.2 Å². The molecule has 2 unspecified atom stereocenters. The van der Waals surface area contributed by atoms with E-state index in [9.17, 15) is 0 Å². The van der Waals surface area contributed by atoms with E-state index in [1.807, 2.05) is 12.1 Å². The standard InChI is InChI=1S/C11H16N4/c12-10-4-5-11(14-13-10)15-6-8-2-1-3-9(8)7-15/h4-5,8-9H,1-3,6-7H2,(H2,12,13). The molecule has 15 heavy (non-hydrogen) atoms. The van der Waals surface area contributed by atoms with Gasteiger partial charge in [-0.2, -0.15) is 0 Å². The fraction of sp³-hybridized carbons (Fsp3) is 0.636. The summed E-state index contributed by atoms with van der Waals surface area (Å²) < 4.78 is 0. The first-order valence-electron chi connectivity index (χ1n) is 5.67. The molecule has 0 spiro atoms. The van der Waals surface area contributed by atoms with Crippen LogP contribution >= 0.6 is 0 Å². The summed E-state index contributed by atoms with van der Waals surface area (Å²) in [6.45, 7) is 2.31. The van der Waals surface area contributed by atoms with Crippen LogP contribution in [0.1, 0.15) is 19.3 Å². The van der Waals surface area contributed by atoms with Crippen molar-refractivity contribution < 1.29 is 0 Å². The molecule has 2 fully saturated rings. The van der Waals surface area contributed by atoms with Crippen molar-refractivity contribution >= 4 is 11.6 Å². The highest BCUT2D eigenvalue weighted by Crippen LogP contribution is 2.38. The van der Waals surface area contributed by atoms with Gasteiger partial charge in [-0.3, -0.25) is 0 Å². The summed E-state index contributed by atoms with van der Waals surface area (Å²) in [4.78, 5) is 2.35. The predicted molar refractivity (Wildman–Crippen MR) is 59.5 cm³/mol. The van der Waals surface area contributed by atoms with E-state index < -0.39 is 0 Å². The van der Waals surface area contributed by atoms with Crippen LogP contribution in [-0.4, -0.2) is 23.3 Å². The molecule has 0 radical (unpaired) electrons. The van der Waals surface area contributed by atoms with Crippen molar-refractivity contribution in [1.29, 1.82) is 0 Å². The number of fused-ring (bicyclic) bond motifs is 1. The second-order valence-electron chi connectivity index (χ2n) is 4.67. The van der Waals surface area contributed by atoms with Crippen LogP contribution in [0.2, 0.25) is 0 Å². The average Bonchev–Trinajstić information content (AvgIpc) is 2.78. The van der Waals surface area contributed by atoms with Crippen LogP contribution in [0.5, 0.6) is 0 Å². The lowest BCUT2D eigenvalue weighted by atomic mass is 10.0. The summed E-state index contributed by atoms with van der Waals surface area (Å²) in [6.07, 6.45) is 4.20. The van der Waals surface area contributed by atoms with Crippen LogP contribution in [0.15, 0.2) is 12.1 Å². The largest absolute Gasteiger partial charge is 0.382 e. The van der Waals surface area contributed by atoms with E-state index in [0.29, 0.717) is 5.82 Å². The molecule has 0 amide bonds. The second kappa shape index (κ2) is 3.36. The summed E-state index contributed by atoms with van der Waals surface area (Å²) in [7, 11) is 0. The van der Waals surface area contributed by atoms with Gasteiger partial charge in [0.25, 0.3) is 0 Å². The quantitative estimate of drug-likeness (QED) is 0.749. The van der Waals surface area contributed by atoms with Crippen molar-refractivity contribution in [3.05, 3.63) is 12.1 Å². The molecule has 1 saturated heterocycles. The molecule has 0 aromatic carbocycles. The minimum absolute atomic E-state index is 0.498. The van der Waals surface area contributed by atoms with E-state index in [1.54, 1.807) is 0 Å². The van der Waals surface area contributed by atoms with Gasteiger partial charge in [0, 0.05) is 13.1 Å². The van der Waals surface area contributed by atoms with Crippen molar-refractivity contribution in [2.24, 2.45) is 11.8 Å². The zero-order chi connectivity index (χ0) is 10.3. The summed E-state index contributed by atoms with van der Waals surface area (Å²) in [6, 6.07) is 3.81. The SMILES string of the molecule is Nc1ccc(N2CC3CCCC3C2)nn1. The topological polar surface area (TPSA) is 55.0 Å². The van der Waals surface area contributed by atoms with E-state index in [4.69, 9.17) is 5.73 Å². The molecule has 2 atom stereocenters. The lowest BCUT2D eigenvalue weighted by Crippen LogP contribution is -2.22. The molecule has 1 aromatic rings. The number of nitrogens with two attached hydrogens (primary N) is 1. The zero-order valence-electron chi connectivity index (χ0n) is 8.76. The molecule has 1 aliphatic carbocycles. The molecule has 3 rings (SSSR count). The highest BCUT2D eigenvalue weighted by Gasteiger charge is 2.36. The molecular formula is C11H16N4. The third-order valence-corrected chi connectivity index (χ3v) is 3.72. The number of hydrogen-bond donors (Lipinski definition) is 1. The third kappa shape index (κ3) is 1.54. The van der Waals surface area contributed by atoms with Crippen LogP contribution in [0.25, 0.3) is 0 Å². The third-order valence-electron chi connectivity index (χ3n) is 3.72. The fourth-order valence-electron chi connectivity index (χ4n) is 2.93. The van der Waals surface area contributed by atoms with Crippen LogP contribution < -0.4 is 10.6 Å². The molecule has 4 heteroatoms. The normalized spacial score (nSPS) is 29.5. The van der Waals surface area contributed by atoms with Crippen molar-refractivity contribution in [1.82, 2.24) is 10.2 Å². The van der Waals surface area contributed by atoms with Crippen molar-refractivity contribution in [2.75, 3.05) is 23.7 Å². The Morgan fingerprint density at radius 3 is 2.47 bits per heavy atom. The molecule has 80 valence electrons. The molecule has 2 aliphatic rings. The Labute approximate surface area is 89.5 Å². The average molecular weight is 204 g/mol. The first-order valence-corrected chi connectivity index (χ1v) is 5.67. The first kappa shape index (κ1) is 8.95. The van der Waals surface area contributed by atoms with Crippen molar-refractivity contribution in [2.45, 2.75) is 19.3 Å². The van der Waals surface area contributed by atoms with Gasteiger partial charge in [0.15, 0.2) is 5.82 Å². The Morgan fingerprint density at radius 1 is 1.13 bits per heavy atom. The number of nitrogen functional groups attached to an aromatic ring is 1. The van der Waals surface area contributed by atoms with Crippen molar-refractivity contribution in [3.63, 3.8) is 0 Å². The van der Waals surface area contributed by atoms with Crippen LogP contribution in [0.4, 0.5) is 11.6 Å². The maximum Gasteiger partial charge on any atom is 0.151 e. The van der Waals surface area contributed by atoms with Gasteiger partial charge in [-0.1, -0.05) is 6.42 Å². The van der Waals surface area contributed by atoms with Gasteiger partial charge < -0.3 is 10.6 Å². The molecular weight excluding hydrogens is 188 g/mol. The van der Waals surface area contributed by atoms with E-state index >= 15 is 0 Å². The Kier molecular flexibility index (Phi) is 2.01. The summed E-state index contributed by atoms with van der Waals surface area (Å²) >= 11 is 0. The molecule has 1 saturated carbocycles. The zero-order valence-corrected chi connectivity index (χ0v) is 8.76. The smallest absolute Gasteiger partial charge is 0.151 e. The fourth-order valence-corrected chi connectivity index (χ4v) is 2.93. The predicted octanol–water partition coefficient (Wildman–Crippen LogP) is 1.30. The minimum atomic E-state index is 0.498. The number of aromatic nitrogens is 2. The lowest BCUT2D eigenvalue weighted by Gasteiger charge is -2.17. The maximum atomic E-state index is 5.53. The number of nitrogens with zero attached hydrogens (tertiary/aromatic N) is 3. The van der Waals surface area contributed by atoms with Gasteiger partial charge in [-0.05, 0) is 36.8 Å². The van der Waals surface area contributed by atoms with Crippen LogP contribution in [0.3, 0.4) is 0 Å². The summed E-state index contributed by atoms with van der Waals surface area (Å²) in [5.41, 5.74) is 5.53. The van der Waals surface area contributed by atoms with Gasteiger partial charge in [0.2, 0.25) is 0 Å². The second-order valence-corrected chi connectivity index (χ2v) is 4.67. The first-order chi connectivity index (χ1) is 7.33. The highest BCUT2D eigenvalue weighted by atomic mass is 15.3. The minimum Gasteiger partial charge on any atom is -0.382 e. The maximum absolute atomic E-state index is 5.53. The molecule has 2 heterocycles. The monoisotopic (exact) mass is 204 g/mol. The van der Waals surface area contributed by atoms with Crippen LogP contribution in [0, 0.1) is 11.8 Å². The van der Waals surface area contributed by atoms with Crippen LogP contribution in [-0.2, 0) is 0 Å². The Balaban J connectivity index is 1.76. The van der Waals surface area contributed by atoms with Gasteiger partial charge in [-0.25, -0.2) is 0 Å². The number of hydrogen-bond acceptors (Lipinski definition) is 4. The van der Waals surface area contributed by atoms with E-state index in [0.717, 1.165) is 30.7 Å². The molecule has 0 bridgehead atoms. The Morgan fingerprint density at radius 2 is 1.87 bits per heavy atom. The Bertz CT molecular complexity index is 336. The molecule has 1 aliphatic heterocycles. The van der Waals surface area contributed by atoms with E-state index in [1.165, 1.54) is 19.3 Å². The molecule has 4 nitrogen and oxygen atoms in total. The summed E-state index contributed by atoms with van der Waals surface area (Å²) in [5, 5.41) is 8.04. The summed E-state index contributed by atoms with van der Waals surface area (Å²) in [5.74, 6) is 3.27. The van der Waals surface area contributed by atoms with E-state index in [-0.39, 0.29) is 0 Å².